The zero-order valence-corrected chi connectivity index (χ0v) is 37.4. The van der Waals surface area contributed by atoms with E-state index in [2.05, 4.69) is 229 Å². The van der Waals surface area contributed by atoms with Crippen molar-refractivity contribution in [1.29, 1.82) is 0 Å². The van der Waals surface area contributed by atoms with Crippen LogP contribution in [0.1, 0.15) is 44.5 Å². The smallest absolute Gasteiger partial charge is 0.124 e. The lowest BCUT2D eigenvalue weighted by molar-refractivity contribution is 0.616. The summed E-state index contributed by atoms with van der Waals surface area (Å²) in [6, 6.07) is 87.7. The molecule has 2 aliphatic rings. The second-order valence-electron chi connectivity index (χ2n) is 17.2. The largest absolute Gasteiger partial charge is 0.310 e. The first-order chi connectivity index (χ1) is 32.6. The quantitative estimate of drug-likeness (QED) is 0.157. The lowest BCUT2D eigenvalue weighted by Crippen LogP contribution is -2.34. The van der Waals surface area contributed by atoms with E-state index in [0.29, 0.717) is 0 Å². The molecule has 0 saturated heterocycles. The van der Waals surface area contributed by atoms with E-state index in [4.69, 9.17) is 0 Å². The Hall–Kier alpha value is -7.50. The number of benzene rings is 10. The van der Waals surface area contributed by atoms with Gasteiger partial charge in [0.25, 0.3) is 0 Å². The third-order valence-corrected chi connectivity index (χ3v) is 16.2. The zero-order valence-electron chi connectivity index (χ0n) is 35.7. The number of hydrogen-bond acceptors (Lipinski definition) is 3. The summed E-state index contributed by atoms with van der Waals surface area (Å²) >= 11 is 3.49. The Balaban J connectivity index is 1.14. The third kappa shape index (κ3) is 5.65. The molecule has 312 valence electrons. The molecular weight excluding hydrogens is 842 g/mol. The molecule has 13 rings (SSSR count). The molecule has 1 aliphatic heterocycles. The van der Waals surface area contributed by atoms with Crippen molar-refractivity contribution in [1.82, 2.24) is 0 Å². The van der Waals surface area contributed by atoms with E-state index in [1.54, 1.807) is 23.9 Å². The second-order valence-corrected chi connectivity index (χ2v) is 19.4. The highest BCUT2D eigenvalue weighted by atomic mass is 32.2. The molecule has 1 aromatic heterocycles. The van der Waals surface area contributed by atoms with Gasteiger partial charge >= 0.3 is 0 Å². The predicted octanol–water partition coefficient (Wildman–Crippen LogP) is 16.9. The van der Waals surface area contributed by atoms with Crippen LogP contribution in [0.5, 0.6) is 0 Å². The van der Waals surface area contributed by atoms with Crippen LogP contribution in [0.15, 0.2) is 252 Å². The second kappa shape index (κ2) is 15.3. The average molecular weight is 882 g/mol. The fraction of sp³-hybridized carbons (Fsp3) is 0.0323. The van der Waals surface area contributed by atoms with Crippen LogP contribution in [0.25, 0.3) is 31.3 Å². The van der Waals surface area contributed by atoms with E-state index < -0.39 is 10.8 Å². The Bertz CT molecular complexity index is 3570. The van der Waals surface area contributed by atoms with E-state index in [1.165, 1.54) is 53.6 Å². The Labute approximate surface area is 392 Å². The van der Waals surface area contributed by atoms with E-state index in [0.717, 1.165) is 49.1 Å². The molecule has 0 unspecified atom stereocenters. The Morgan fingerprint density at radius 1 is 0.348 bits per heavy atom. The molecule has 0 amide bonds. The molecule has 10 aromatic carbocycles. The standard InChI is InChI=1S/C62H40FNS2/c63-44-32-35-54-60(38-44)66-59-37-34-46(40-55(59)61(54,41-18-4-1-5-19-41)42-20-6-2-7-21-42)64(45-33-36-58-50(39-45)49-26-12-17-31-57(49)65-58)56-30-16-15-29-53(56)62(43-22-8-3-9-23-43)51-27-13-10-24-47(51)48-25-11-14-28-52(48)62/h1-40H. The zero-order chi connectivity index (χ0) is 43.8. The van der Waals surface area contributed by atoms with Gasteiger partial charge in [0.15, 0.2) is 0 Å². The summed E-state index contributed by atoms with van der Waals surface area (Å²) in [5, 5.41) is 2.49. The minimum atomic E-state index is -0.755. The van der Waals surface area contributed by atoms with Crippen molar-refractivity contribution in [3.8, 4) is 11.1 Å². The molecule has 0 atom stereocenters. The molecule has 66 heavy (non-hydrogen) atoms. The Morgan fingerprint density at radius 3 is 1.56 bits per heavy atom. The molecule has 2 heterocycles. The highest BCUT2D eigenvalue weighted by molar-refractivity contribution is 7.99. The molecular formula is C62H40FNS2. The van der Waals surface area contributed by atoms with Gasteiger partial charge in [-0.3, -0.25) is 0 Å². The number of fused-ring (bicyclic) bond motifs is 8. The maximum absolute atomic E-state index is 15.3. The predicted molar refractivity (Wildman–Crippen MR) is 274 cm³/mol. The SMILES string of the molecule is Fc1ccc2c(c1)Sc1ccc(N(c3ccc4sc5ccccc5c4c3)c3ccccc3C3(c4ccccc4)c4ccccc4-c4ccccc43)cc1C2(c1ccccc1)c1ccccc1. The van der Waals surface area contributed by atoms with Crippen molar-refractivity contribution < 1.29 is 4.39 Å². The van der Waals surface area contributed by atoms with Crippen molar-refractivity contribution in [2.24, 2.45) is 0 Å². The number of nitrogens with zero attached hydrogens (tertiary/aromatic N) is 1. The van der Waals surface area contributed by atoms with Crippen LogP contribution >= 0.6 is 23.1 Å². The lowest BCUT2D eigenvalue weighted by atomic mass is 9.64. The summed E-state index contributed by atoms with van der Waals surface area (Å²) in [7, 11) is 0. The molecule has 11 aromatic rings. The van der Waals surface area contributed by atoms with Gasteiger partial charge in [-0.25, -0.2) is 4.39 Å². The summed E-state index contributed by atoms with van der Waals surface area (Å²) in [6.45, 7) is 0. The Kier molecular flexibility index (Phi) is 9.03. The normalized spacial score (nSPS) is 14.0. The topological polar surface area (TPSA) is 3.24 Å². The highest BCUT2D eigenvalue weighted by Crippen LogP contribution is 2.60. The number of para-hydroxylation sites is 1. The van der Waals surface area contributed by atoms with E-state index in [9.17, 15) is 0 Å². The van der Waals surface area contributed by atoms with Gasteiger partial charge in [0.05, 0.1) is 16.5 Å². The maximum atomic E-state index is 15.3. The summed E-state index contributed by atoms with van der Waals surface area (Å²) in [5.74, 6) is -0.238. The lowest BCUT2D eigenvalue weighted by Gasteiger charge is -2.43. The third-order valence-electron chi connectivity index (χ3n) is 13.9. The van der Waals surface area contributed by atoms with Gasteiger partial charge < -0.3 is 4.90 Å². The van der Waals surface area contributed by atoms with Gasteiger partial charge in [-0.05, 0) is 116 Å². The molecule has 0 saturated carbocycles. The Morgan fingerprint density at radius 2 is 0.879 bits per heavy atom. The average Bonchev–Trinajstić information content (AvgIpc) is 3.90. The minimum absolute atomic E-state index is 0.238. The molecule has 0 bridgehead atoms. The van der Waals surface area contributed by atoms with Crippen LogP contribution < -0.4 is 4.90 Å². The highest BCUT2D eigenvalue weighted by Gasteiger charge is 2.48. The van der Waals surface area contributed by atoms with Crippen LogP contribution in [0.3, 0.4) is 0 Å². The minimum Gasteiger partial charge on any atom is -0.310 e. The number of halogens is 1. The van der Waals surface area contributed by atoms with Gasteiger partial charge in [0.1, 0.15) is 5.82 Å². The molecule has 0 radical (unpaired) electrons. The van der Waals surface area contributed by atoms with Crippen molar-refractivity contribution in [3.05, 3.63) is 293 Å². The number of hydrogen-bond donors (Lipinski definition) is 0. The summed E-state index contributed by atoms with van der Waals surface area (Å²) in [6.07, 6.45) is 0. The van der Waals surface area contributed by atoms with Crippen molar-refractivity contribution in [2.75, 3.05) is 4.90 Å². The van der Waals surface area contributed by atoms with E-state index in [-0.39, 0.29) is 5.82 Å². The summed E-state index contributed by atoms with van der Waals surface area (Å²) in [4.78, 5) is 4.52. The van der Waals surface area contributed by atoms with Crippen molar-refractivity contribution in [3.63, 3.8) is 0 Å². The summed E-state index contributed by atoms with van der Waals surface area (Å²) in [5.41, 5.74) is 13.7. The van der Waals surface area contributed by atoms with Gasteiger partial charge in [-0.2, -0.15) is 0 Å². The molecule has 1 aliphatic carbocycles. The number of thiophene rings is 1. The summed E-state index contributed by atoms with van der Waals surface area (Å²) < 4.78 is 17.9. The maximum Gasteiger partial charge on any atom is 0.124 e. The van der Waals surface area contributed by atoms with Crippen LogP contribution in [-0.2, 0) is 10.8 Å². The molecule has 1 nitrogen and oxygen atoms in total. The van der Waals surface area contributed by atoms with Crippen LogP contribution in [0.4, 0.5) is 21.5 Å². The number of anilines is 3. The van der Waals surface area contributed by atoms with Gasteiger partial charge in [-0.1, -0.05) is 194 Å². The molecule has 0 N–H and O–H groups in total. The number of rotatable bonds is 7. The first-order valence-corrected chi connectivity index (χ1v) is 24.1. The monoisotopic (exact) mass is 881 g/mol. The molecule has 0 spiro atoms. The first kappa shape index (κ1) is 38.9. The molecule has 4 heteroatoms. The van der Waals surface area contributed by atoms with Crippen LogP contribution in [-0.4, -0.2) is 0 Å². The van der Waals surface area contributed by atoms with Crippen LogP contribution in [0.2, 0.25) is 0 Å². The van der Waals surface area contributed by atoms with Crippen LogP contribution in [0, 0.1) is 5.82 Å². The van der Waals surface area contributed by atoms with Crippen molar-refractivity contribution in [2.45, 2.75) is 20.6 Å². The fourth-order valence-corrected chi connectivity index (χ4v) is 13.6. The van der Waals surface area contributed by atoms with E-state index in [1.807, 2.05) is 17.4 Å². The fourth-order valence-electron chi connectivity index (χ4n) is 11.3. The first-order valence-electron chi connectivity index (χ1n) is 22.4. The van der Waals surface area contributed by atoms with Crippen molar-refractivity contribution >= 4 is 60.3 Å². The van der Waals surface area contributed by atoms with Gasteiger partial charge in [0, 0.05) is 41.3 Å². The molecule has 0 fully saturated rings. The van der Waals surface area contributed by atoms with Gasteiger partial charge in [0.2, 0.25) is 0 Å². The van der Waals surface area contributed by atoms with Gasteiger partial charge in [-0.15, -0.1) is 11.3 Å². The van der Waals surface area contributed by atoms with E-state index >= 15 is 4.39 Å².